The molecule has 0 aliphatic heterocycles. The molecule has 0 saturated heterocycles. The second-order valence-electron chi connectivity index (χ2n) is 6.35. The monoisotopic (exact) mass is 389 g/mol. The van der Waals surface area contributed by atoms with Crippen LogP contribution < -0.4 is 10.1 Å². The molecule has 0 aliphatic rings. The van der Waals surface area contributed by atoms with Crippen LogP contribution in [0.5, 0.6) is 5.75 Å². The summed E-state index contributed by atoms with van der Waals surface area (Å²) in [6.07, 6.45) is -0.194. The molecule has 27 heavy (non-hydrogen) atoms. The number of hydrogen-bond acceptors (Lipinski definition) is 4. The number of hydrogen-bond donors (Lipinski definition) is 1. The third-order valence-electron chi connectivity index (χ3n) is 3.92. The van der Waals surface area contributed by atoms with Gasteiger partial charge in [-0.1, -0.05) is 29.3 Å². The topological polar surface area (TPSA) is 64.6 Å². The van der Waals surface area contributed by atoms with Gasteiger partial charge in [-0.2, -0.15) is 0 Å². The van der Waals surface area contributed by atoms with E-state index in [4.69, 9.17) is 21.1 Å². The lowest BCUT2D eigenvalue weighted by Gasteiger charge is -2.14. The van der Waals surface area contributed by atoms with Crippen molar-refractivity contribution in [2.24, 2.45) is 0 Å². The zero-order valence-electron chi connectivity index (χ0n) is 15.8. The van der Waals surface area contributed by atoms with Crippen molar-refractivity contribution in [1.29, 1.82) is 0 Å². The summed E-state index contributed by atoms with van der Waals surface area (Å²) in [7, 11) is 0. The summed E-state index contributed by atoms with van der Waals surface area (Å²) < 4.78 is 10.8. The van der Waals surface area contributed by atoms with Crippen molar-refractivity contribution in [1.82, 2.24) is 0 Å². The summed E-state index contributed by atoms with van der Waals surface area (Å²) in [6.45, 7) is 5.79. The molecule has 6 heteroatoms. The molecule has 2 aromatic carbocycles. The predicted molar refractivity (Wildman–Crippen MR) is 106 cm³/mol. The van der Waals surface area contributed by atoms with Crippen LogP contribution in [0.4, 0.5) is 5.69 Å². The number of anilines is 1. The van der Waals surface area contributed by atoms with E-state index in [-0.39, 0.29) is 12.3 Å². The van der Waals surface area contributed by atoms with E-state index in [1.807, 2.05) is 32.0 Å². The average molecular weight is 390 g/mol. The molecule has 0 fully saturated rings. The highest BCUT2D eigenvalue weighted by atomic mass is 35.5. The van der Waals surface area contributed by atoms with Crippen LogP contribution in [0.3, 0.4) is 0 Å². The van der Waals surface area contributed by atoms with Crippen molar-refractivity contribution in [3.05, 3.63) is 58.6 Å². The number of halogens is 1. The van der Waals surface area contributed by atoms with Crippen molar-refractivity contribution in [2.75, 3.05) is 11.9 Å². The van der Waals surface area contributed by atoms with Gasteiger partial charge in [0.15, 0.2) is 6.10 Å². The van der Waals surface area contributed by atoms with Gasteiger partial charge in [-0.15, -0.1) is 0 Å². The highest BCUT2D eigenvalue weighted by molar-refractivity contribution is 6.31. The third kappa shape index (κ3) is 6.94. The number of aryl methyl sites for hydroxylation is 2. The quantitative estimate of drug-likeness (QED) is 0.525. The zero-order chi connectivity index (χ0) is 19.8. The standard InChI is InChI=1S/C21H24ClNO4/c1-14-6-8-17(9-7-14)23-21(25)16(3)27-20(24)5-4-12-26-18-10-11-19(22)15(2)13-18/h6-11,13,16H,4-5,12H2,1-3H3,(H,23,25)/t16-/m0/s1. The van der Waals surface area contributed by atoms with Crippen molar-refractivity contribution < 1.29 is 19.1 Å². The van der Waals surface area contributed by atoms with Crippen LogP contribution in [-0.2, 0) is 14.3 Å². The fourth-order valence-electron chi connectivity index (χ4n) is 2.30. The Bertz CT molecular complexity index is 789. The fourth-order valence-corrected chi connectivity index (χ4v) is 2.42. The first-order valence-corrected chi connectivity index (χ1v) is 9.19. The van der Waals surface area contributed by atoms with Crippen LogP contribution in [0.2, 0.25) is 5.02 Å². The lowest BCUT2D eigenvalue weighted by atomic mass is 10.2. The Labute approximate surface area is 164 Å². The molecule has 0 unspecified atom stereocenters. The van der Waals surface area contributed by atoms with Gasteiger partial charge in [-0.25, -0.2) is 0 Å². The minimum atomic E-state index is -0.862. The fraction of sp³-hybridized carbons (Fsp3) is 0.333. The molecular weight excluding hydrogens is 366 g/mol. The first-order chi connectivity index (χ1) is 12.8. The maximum absolute atomic E-state index is 12.1. The van der Waals surface area contributed by atoms with Gasteiger partial charge in [0.1, 0.15) is 5.75 Å². The summed E-state index contributed by atoms with van der Waals surface area (Å²) in [6, 6.07) is 12.8. The normalized spacial score (nSPS) is 11.6. The smallest absolute Gasteiger partial charge is 0.306 e. The van der Waals surface area contributed by atoms with Gasteiger partial charge >= 0.3 is 5.97 Å². The molecule has 2 aromatic rings. The van der Waals surface area contributed by atoms with Crippen molar-refractivity contribution in [3.8, 4) is 5.75 Å². The Morgan fingerprint density at radius 3 is 2.48 bits per heavy atom. The molecule has 5 nitrogen and oxygen atoms in total. The molecule has 0 aliphatic carbocycles. The first-order valence-electron chi connectivity index (χ1n) is 8.81. The van der Waals surface area contributed by atoms with E-state index < -0.39 is 12.1 Å². The van der Waals surface area contributed by atoms with E-state index in [0.717, 1.165) is 11.1 Å². The van der Waals surface area contributed by atoms with Gasteiger partial charge in [0.05, 0.1) is 6.61 Å². The van der Waals surface area contributed by atoms with E-state index in [1.165, 1.54) is 0 Å². The molecule has 1 amide bonds. The molecule has 0 heterocycles. The van der Waals surface area contributed by atoms with Crippen molar-refractivity contribution >= 4 is 29.2 Å². The van der Waals surface area contributed by atoms with Crippen LogP contribution in [0.15, 0.2) is 42.5 Å². The van der Waals surface area contributed by atoms with Gasteiger partial charge in [0, 0.05) is 17.1 Å². The number of carbonyl (C=O) groups excluding carboxylic acids is 2. The van der Waals surface area contributed by atoms with E-state index in [0.29, 0.717) is 29.5 Å². The Morgan fingerprint density at radius 2 is 1.81 bits per heavy atom. The van der Waals surface area contributed by atoms with E-state index in [1.54, 1.807) is 31.2 Å². The third-order valence-corrected chi connectivity index (χ3v) is 4.34. The van der Waals surface area contributed by atoms with Gasteiger partial charge in [-0.05, 0) is 63.1 Å². The summed E-state index contributed by atoms with van der Waals surface area (Å²) >= 11 is 5.97. The van der Waals surface area contributed by atoms with Crippen LogP contribution in [0, 0.1) is 13.8 Å². The maximum atomic E-state index is 12.1. The minimum Gasteiger partial charge on any atom is -0.494 e. The molecule has 1 N–H and O–H groups in total. The van der Waals surface area contributed by atoms with E-state index in [9.17, 15) is 9.59 Å². The van der Waals surface area contributed by atoms with Crippen molar-refractivity contribution in [2.45, 2.75) is 39.7 Å². The van der Waals surface area contributed by atoms with Gasteiger partial charge in [0.25, 0.3) is 5.91 Å². The first kappa shape index (κ1) is 20.8. The lowest BCUT2D eigenvalue weighted by molar-refractivity contribution is -0.153. The van der Waals surface area contributed by atoms with Gasteiger partial charge in [-0.3, -0.25) is 9.59 Å². The Morgan fingerprint density at radius 1 is 1.11 bits per heavy atom. The molecule has 144 valence electrons. The van der Waals surface area contributed by atoms with Gasteiger partial charge in [0.2, 0.25) is 0 Å². The SMILES string of the molecule is Cc1ccc(NC(=O)[C@H](C)OC(=O)CCCOc2ccc(Cl)c(C)c2)cc1. The second kappa shape index (κ2) is 9.97. The molecule has 0 spiro atoms. The zero-order valence-corrected chi connectivity index (χ0v) is 16.5. The molecule has 0 aromatic heterocycles. The molecule has 0 saturated carbocycles. The number of nitrogens with one attached hydrogen (secondary N) is 1. The molecule has 1 atom stereocenters. The van der Waals surface area contributed by atoms with Crippen LogP contribution in [0.25, 0.3) is 0 Å². The average Bonchev–Trinajstić information content (AvgIpc) is 2.63. The van der Waals surface area contributed by atoms with E-state index >= 15 is 0 Å². The number of ether oxygens (including phenoxy) is 2. The largest absolute Gasteiger partial charge is 0.494 e. The summed E-state index contributed by atoms with van der Waals surface area (Å²) in [5, 5.41) is 3.41. The number of carbonyl (C=O) groups is 2. The van der Waals surface area contributed by atoms with Gasteiger partial charge < -0.3 is 14.8 Å². The summed E-state index contributed by atoms with van der Waals surface area (Å²) in [5.74, 6) is -0.0892. The molecule has 0 radical (unpaired) electrons. The maximum Gasteiger partial charge on any atom is 0.306 e. The van der Waals surface area contributed by atoms with Crippen molar-refractivity contribution in [3.63, 3.8) is 0 Å². The summed E-state index contributed by atoms with van der Waals surface area (Å²) in [5.41, 5.74) is 2.70. The van der Waals surface area contributed by atoms with Crippen LogP contribution in [0.1, 0.15) is 30.9 Å². The highest BCUT2D eigenvalue weighted by Crippen LogP contribution is 2.21. The predicted octanol–water partition coefficient (Wildman–Crippen LogP) is 4.69. The summed E-state index contributed by atoms with van der Waals surface area (Å²) in [4.78, 5) is 24.0. The Kier molecular flexibility index (Phi) is 7.67. The van der Waals surface area contributed by atoms with E-state index in [2.05, 4.69) is 5.32 Å². The second-order valence-corrected chi connectivity index (χ2v) is 6.76. The lowest BCUT2D eigenvalue weighted by Crippen LogP contribution is -2.30. The number of rotatable bonds is 8. The molecular formula is C21H24ClNO4. The minimum absolute atomic E-state index is 0.175. The highest BCUT2D eigenvalue weighted by Gasteiger charge is 2.17. The Hall–Kier alpha value is -2.53. The van der Waals surface area contributed by atoms with Crippen LogP contribution >= 0.6 is 11.6 Å². The number of esters is 1. The number of amides is 1. The molecule has 2 rings (SSSR count). The molecule has 0 bridgehead atoms. The number of benzene rings is 2. The Balaban J connectivity index is 1.68. The van der Waals surface area contributed by atoms with Crippen LogP contribution in [-0.4, -0.2) is 24.6 Å².